The lowest BCUT2D eigenvalue weighted by Gasteiger charge is -2.04. The van der Waals surface area contributed by atoms with E-state index in [4.69, 9.17) is 17.3 Å². The molecule has 0 spiro atoms. The highest BCUT2D eigenvalue weighted by atomic mass is 35.5. The zero-order valence-electron chi connectivity index (χ0n) is 9.81. The molecule has 1 aromatic carbocycles. The summed E-state index contributed by atoms with van der Waals surface area (Å²) in [7, 11) is 0. The number of nitrogens with zero attached hydrogens (tertiary/aromatic N) is 3. The number of aromatic nitrogens is 3. The molecule has 0 aliphatic heterocycles. The predicted octanol–water partition coefficient (Wildman–Crippen LogP) is 1.28. The van der Waals surface area contributed by atoms with Crippen LogP contribution in [0.25, 0.3) is 0 Å². The molecule has 2 aromatic rings. The lowest BCUT2D eigenvalue weighted by atomic mass is 10.3. The summed E-state index contributed by atoms with van der Waals surface area (Å²) in [5, 5.41) is 10.1. The fraction of sp³-hybridized carbons (Fsp3) is 0.182. The minimum Gasteiger partial charge on any atom is -0.329 e. The van der Waals surface area contributed by atoms with Crippen LogP contribution in [0.2, 0.25) is 5.02 Å². The van der Waals surface area contributed by atoms with Crippen molar-refractivity contribution in [2.75, 3.05) is 11.9 Å². The second-order valence-electron chi connectivity index (χ2n) is 3.73. The quantitative estimate of drug-likeness (QED) is 0.885. The summed E-state index contributed by atoms with van der Waals surface area (Å²) in [6.07, 6.45) is 1.44. The summed E-state index contributed by atoms with van der Waals surface area (Å²) >= 11 is 5.73. The van der Waals surface area contributed by atoms with Gasteiger partial charge in [-0.1, -0.05) is 16.8 Å². The van der Waals surface area contributed by atoms with Gasteiger partial charge in [0.1, 0.15) is 5.82 Å². The molecule has 1 amide bonds. The standard InChI is InChI=1S/C11H11ClFN5O/c12-7-1-2-8(13)9(5-7)15-11(19)10-6-18(4-3-14)17-16-10/h1-2,5-6H,3-4,14H2,(H,15,19). The van der Waals surface area contributed by atoms with Crippen LogP contribution in [0.1, 0.15) is 10.5 Å². The third-order valence-electron chi connectivity index (χ3n) is 2.31. The average Bonchev–Trinajstić information content (AvgIpc) is 2.83. The Morgan fingerprint density at radius 1 is 1.53 bits per heavy atom. The molecule has 1 aromatic heterocycles. The maximum atomic E-state index is 13.4. The first-order chi connectivity index (χ1) is 9.10. The van der Waals surface area contributed by atoms with Gasteiger partial charge in [-0.3, -0.25) is 9.48 Å². The van der Waals surface area contributed by atoms with Crippen molar-refractivity contribution in [3.05, 3.63) is 40.9 Å². The maximum absolute atomic E-state index is 13.4. The normalized spacial score (nSPS) is 10.5. The van der Waals surface area contributed by atoms with Crippen LogP contribution in [-0.4, -0.2) is 27.4 Å². The summed E-state index contributed by atoms with van der Waals surface area (Å²) in [4.78, 5) is 11.8. The maximum Gasteiger partial charge on any atom is 0.277 e. The van der Waals surface area contributed by atoms with Gasteiger partial charge in [-0.05, 0) is 18.2 Å². The molecule has 8 heteroatoms. The van der Waals surface area contributed by atoms with Gasteiger partial charge < -0.3 is 11.1 Å². The molecule has 1 heterocycles. The van der Waals surface area contributed by atoms with Crippen molar-refractivity contribution in [2.24, 2.45) is 5.73 Å². The molecule has 3 N–H and O–H groups in total. The topological polar surface area (TPSA) is 85.8 Å². The van der Waals surface area contributed by atoms with Crippen molar-refractivity contribution >= 4 is 23.2 Å². The first-order valence-corrected chi connectivity index (χ1v) is 5.84. The van der Waals surface area contributed by atoms with Gasteiger partial charge in [0.05, 0.1) is 18.4 Å². The van der Waals surface area contributed by atoms with E-state index in [1.54, 1.807) is 0 Å². The van der Waals surface area contributed by atoms with Crippen LogP contribution in [0.3, 0.4) is 0 Å². The fourth-order valence-electron chi connectivity index (χ4n) is 1.42. The van der Waals surface area contributed by atoms with E-state index >= 15 is 0 Å². The van der Waals surface area contributed by atoms with Gasteiger partial charge in [-0.15, -0.1) is 5.10 Å². The third-order valence-corrected chi connectivity index (χ3v) is 2.54. The molecule has 100 valence electrons. The number of carbonyl (C=O) groups excluding carboxylic acids is 1. The SMILES string of the molecule is NCCn1cc(C(=O)Nc2cc(Cl)ccc2F)nn1. The van der Waals surface area contributed by atoms with E-state index in [-0.39, 0.29) is 11.4 Å². The van der Waals surface area contributed by atoms with E-state index in [9.17, 15) is 9.18 Å². The Hall–Kier alpha value is -1.99. The number of halogens is 2. The number of hydrogen-bond donors (Lipinski definition) is 2. The molecule has 0 saturated heterocycles. The lowest BCUT2D eigenvalue weighted by molar-refractivity contribution is 0.102. The fourth-order valence-corrected chi connectivity index (χ4v) is 1.60. The molecule has 0 aliphatic carbocycles. The van der Waals surface area contributed by atoms with Crippen LogP contribution in [0.4, 0.5) is 10.1 Å². The molecule has 0 atom stereocenters. The number of benzene rings is 1. The van der Waals surface area contributed by atoms with Gasteiger partial charge in [0.15, 0.2) is 5.69 Å². The van der Waals surface area contributed by atoms with Gasteiger partial charge in [-0.25, -0.2) is 4.39 Å². The van der Waals surface area contributed by atoms with Gasteiger partial charge in [0.25, 0.3) is 5.91 Å². The third kappa shape index (κ3) is 3.27. The van der Waals surface area contributed by atoms with E-state index in [0.29, 0.717) is 18.1 Å². The van der Waals surface area contributed by atoms with E-state index in [0.717, 1.165) is 0 Å². The zero-order chi connectivity index (χ0) is 13.8. The molecule has 0 saturated carbocycles. The van der Waals surface area contributed by atoms with Crippen molar-refractivity contribution < 1.29 is 9.18 Å². The summed E-state index contributed by atoms with van der Waals surface area (Å²) in [5.41, 5.74) is 5.42. The summed E-state index contributed by atoms with van der Waals surface area (Å²) < 4.78 is 14.9. The summed E-state index contributed by atoms with van der Waals surface area (Å²) in [6.45, 7) is 0.832. The summed E-state index contributed by atoms with van der Waals surface area (Å²) in [5.74, 6) is -1.14. The van der Waals surface area contributed by atoms with E-state index in [2.05, 4.69) is 15.6 Å². The van der Waals surface area contributed by atoms with Crippen LogP contribution >= 0.6 is 11.6 Å². The predicted molar refractivity (Wildman–Crippen MR) is 68.4 cm³/mol. The van der Waals surface area contributed by atoms with Crippen LogP contribution < -0.4 is 11.1 Å². The molecular formula is C11H11ClFN5O. The van der Waals surface area contributed by atoms with E-state index in [1.807, 2.05) is 0 Å². The Labute approximate surface area is 113 Å². The van der Waals surface area contributed by atoms with Crippen LogP contribution in [0.15, 0.2) is 24.4 Å². The van der Waals surface area contributed by atoms with Crippen LogP contribution in [0.5, 0.6) is 0 Å². The highest BCUT2D eigenvalue weighted by Crippen LogP contribution is 2.19. The number of rotatable bonds is 4. The smallest absolute Gasteiger partial charge is 0.277 e. The van der Waals surface area contributed by atoms with Gasteiger partial charge in [-0.2, -0.15) is 0 Å². The Morgan fingerprint density at radius 3 is 3.05 bits per heavy atom. The molecule has 0 unspecified atom stereocenters. The first kappa shape index (κ1) is 13.4. The second kappa shape index (κ2) is 5.77. The monoisotopic (exact) mass is 283 g/mol. The first-order valence-electron chi connectivity index (χ1n) is 5.47. The Bertz CT molecular complexity index is 601. The zero-order valence-corrected chi connectivity index (χ0v) is 10.6. The van der Waals surface area contributed by atoms with Crippen molar-refractivity contribution in [3.8, 4) is 0 Å². The van der Waals surface area contributed by atoms with Gasteiger partial charge >= 0.3 is 0 Å². The highest BCUT2D eigenvalue weighted by molar-refractivity contribution is 6.31. The molecule has 0 aliphatic rings. The molecule has 0 radical (unpaired) electrons. The van der Waals surface area contributed by atoms with E-state index in [1.165, 1.54) is 29.1 Å². The number of carbonyl (C=O) groups is 1. The molecular weight excluding hydrogens is 273 g/mol. The molecule has 0 bridgehead atoms. The largest absolute Gasteiger partial charge is 0.329 e. The molecule has 19 heavy (non-hydrogen) atoms. The van der Waals surface area contributed by atoms with Crippen molar-refractivity contribution in [3.63, 3.8) is 0 Å². The Balaban J connectivity index is 2.13. The minimum absolute atomic E-state index is 0.00845. The van der Waals surface area contributed by atoms with Crippen molar-refractivity contribution in [1.82, 2.24) is 15.0 Å². The highest BCUT2D eigenvalue weighted by Gasteiger charge is 2.13. The van der Waals surface area contributed by atoms with Crippen molar-refractivity contribution in [2.45, 2.75) is 6.54 Å². The number of anilines is 1. The van der Waals surface area contributed by atoms with Crippen LogP contribution in [0, 0.1) is 5.82 Å². The second-order valence-corrected chi connectivity index (χ2v) is 4.17. The number of nitrogens with two attached hydrogens (primary N) is 1. The van der Waals surface area contributed by atoms with Crippen molar-refractivity contribution in [1.29, 1.82) is 0 Å². The molecule has 2 rings (SSSR count). The Morgan fingerprint density at radius 2 is 2.32 bits per heavy atom. The van der Waals surface area contributed by atoms with E-state index < -0.39 is 11.7 Å². The summed E-state index contributed by atoms with van der Waals surface area (Å²) in [6, 6.07) is 3.88. The lowest BCUT2D eigenvalue weighted by Crippen LogP contribution is -2.13. The average molecular weight is 284 g/mol. The van der Waals surface area contributed by atoms with Gasteiger partial charge in [0.2, 0.25) is 0 Å². The number of amides is 1. The number of hydrogen-bond acceptors (Lipinski definition) is 4. The molecule has 6 nitrogen and oxygen atoms in total. The van der Waals surface area contributed by atoms with Gasteiger partial charge in [0, 0.05) is 11.6 Å². The number of nitrogens with one attached hydrogen (secondary N) is 1. The Kier molecular flexibility index (Phi) is 4.08. The molecule has 0 fully saturated rings. The minimum atomic E-state index is -0.577. The van der Waals surface area contributed by atoms with Crippen LogP contribution in [-0.2, 0) is 6.54 Å².